The Bertz CT molecular complexity index is 507. The van der Waals surface area contributed by atoms with Crippen LogP contribution in [0.15, 0.2) is 36.9 Å². The lowest BCUT2D eigenvalue weighted by Crippen LogP contribution is -2.41. The number of rotatable bonds is 5. The lowest BCUT2D eigenvalue weighted by Gasteiger charge is -2.25. The average Bonchev–Trinajstić information content (AvgIpc) is 2.50. The Morgan fingerprint density at radius 2 is 1.71 bits per heavy atom. The number of carbonyl (C=O) groups excluding carboxylic acids is 2. The summed E-state index contributed by atoms with van der Waals surface area (Å²) in [6.07, 6.45) is 1.21. The number of hydrogen-bond acceptors (Lipinski definition) is 4. The molecule has 0 unspecified atom stereocenters. The molecule has 1 aromatic carbocycles. The van der Waals surface area contributed by atoms with Crippen LogP contribution in [-0.4, -0.2) is 49.6 Å². The fourth-order valence-electron chi connectivity index (χ4n) is 1.99. The zero-order valence-corrected chi connectivity index (χ0v) is 11.8. The maximum absolute atomic E-state index is 11.9. The molecule has 1 aliphatic heterocycles. The van der Waals surface area contributed by atoms with Crippen LogP contribution in [0.25, 0.3) is 0 Å². The van der Waals surface area contributed by atoms with Crippen molar-refractivity contribution in [3.63, 3.8) is 0 Å². The van der Waals surface area contributed by atoms with Gasteiger partial charge in [0.1, 0.15) is 0 Å². The summed E-state index contributed by atoms with van der Waals surface area (Å²) in [7, 11) is 0. The fraction of sp³-hybridized carbons (Fsp3) is 0.333. The van der Waals surface area contributed by atoms with Crippen LogP contribution in [0.2, 0.25) is 0 Å². The van der Waals surface area contributed by atoms with Gasteiger partial charge in [-0.2, -0.15) is 0 Å². The van der Waals surface area contributed by atoms with E-state index in [2.05, 4.69) is 22.1 Å². The normalized spacial score (nSPS) is 15.2. The molecular weight excluding hydrogens is 270 g/mol. The smallest absolute Gasteiger partial charge is 0.247 e. The van der Waals surface area contributed by atoms with Crippen LogP contribution in [0.3, 0.4) is 0 Å². The van der Waals surface area contributed by atoms with E-state index in [0.29, 0.717) is 31.1 Å². The summed E-state index contributed by atoms with van der Waals surface area (Å²) in [5.74, 6) is -0.320. The van der Waals surface area contributed by atoms with E-state index >= 15 is 0 Å². The molecule has 1 fully saturated rings. The predicted octanol–water partition coefficient (Wildman–Crippen LogP) is 1.08. The second-order valence-corrected chi connectivity index (χ2v) is 4.71. The molecule has 0 saturated carbocycles. The first kappa shape index (κ1) is 15.2. The standard InChI is InChI=1S/C15H19N3O3/c1-2-14(19)16-12-3-5-13(6-4-12)17-15(20)11-18-7-9-21-10-8-18/h2-6H,1,7-11H2,(H,16,19)(H,17,20). The average molecular weight is 289 g/mol. The minimum absolute atomic E-state index is 0.0558. The number of anilines is 2. The zero-order chi connectivity index (χ0) is 15.1. The molecule has 6 nitrogen and oxygen atoms in total. The molecule has 21 heavy (non-hydrogen) atoms. The molecule has 0 spiro atoms. The number of morpholine rings is 1. The highest BCUT2D eigenvalue weighted by Crippen LogP contribution is 2.13. The van der Waals surface area contributed by atoms with E-state index in [4.69, 9.17) is 4.74 Å². The molecule has 0 atom stereocenters. The van der Waals surface area contributed by atoms with Crippen LogP contribution < -0.4 is 10.6 Å². The lowest BCUT2D eigenvalue weighted by atomic mass is 10.2. The molecule has 0 aromatic heterocycles. The largest absolute Gasteiger partial charge is 0.379 e. The molecule has 1 saturated heterocycles. The molecule has 2 N–H and O–H groups in total. The molecule has 2 amide bonds. The predicted molar refractivity (Wildman–Crippen MR) is 81.2 cm³/mol. The number of carbonyl (C=O) groups is 2. The Hall–Kier alpha value is -2.18. The summed E-state index contributed by atoms with van der Waals surface area (Å²) in [6.45, 7) is 6.64. The van der Waals surface area contributed by atoms with Crippen LogP contribution in [0.1, 0.15) is 0 Å². The van der Waals surface area contributed by atoms with E-state index in [1.165, 1.54) is 6.08 Å². The highest BCUT2D eigenvalue weighted by atomic mass is 16.5. The number of nitrogens with one attached hydrogen (secondary N) is 2. The van der Waals surface area contributed by atoms with Gasteiger partial charge in [-0.05, 0) is 30.3 Å². The Kier molecular flexibility index (Phi) is 5.48. The molecule has 0 bridgehead atoms. The quantitative estimate of drug-likeness (QED) is 0.796. The van der Waals surface area contributed by atoms with E-state index in [0.717, 1.165) is 13.1 Å². The monoisotopic (exact) mass is 289 g/mol. The Morgan fingerprint density at radius 3 is 2.29 bits per heavy atom. The summed E-state index contributed by atoms with van der Waals surface area (Å²) in [4.78, 5) is 25.1. The molecule has 2 rings (SSSR count). The summed E-state index contributed by atoms with van der Waals surface area (Å²) in [6, 6.07) is 6.95. The van der Waals surface area contributed by atoms with Crippen molar-refractivity contribution < 1.29 is 14.3 Å². The van der Waals surface area contributed by atoms with Gasteiger partial charge in [0.15, 0.2) is 0 Å². The van der Waals surface area contributed by atoms with Gasteiger partial charge in [-0.3, -0.25) is 14.5 Å². The van der Waals surface area contributed by atoms with Gasteiger partial charge in [-0.15, -0.1) is 0 Å². The highest BCUT2D eigenvalue weighted by Gasteiger charge is 2.14. The zero-order valence-electron chi connectivity index (χ0n) is 11.8. The van der Waals surface area contributed by atoms with Crippen LogP contribution >= 0.6 is 0 Å². The maximum Gasteiger partial charge on any atom is 0.247 e. The number of benzene rings is 1. The van der Waals surface area contributed by atoms with E-state index in [9.17, 15) is 9.59 Å². The van der Waals surface area contributed by atoms with E-state index in [-0.39, 0.29) is 11.8 Å². The third kappa shape index (κ3) is 5.02. The Balaban J connectivity index is 1.83. The lowest BCUT2D eigenvalue weighted by molar-refractivity contribution is -0.118. The Labute approximate surface area is 123 Å². The van der Waals surface area contributed by atoms with Crippen molar-refractivity contribution in [1.29, 1.82) is 0 Å². The number of amides is 2. The first-order valence-electron chi connectivity index (χ1n) is 6.81. The molecule has 1 aromatic rings. The highest BCUT2D eigenvalue weighted by molar-refractivity contribution is 5.99. The van der Waals surface area contributed by atoms with Crippen LogP contribution in [-0.2, 0) is 14.3 Å². The third-order valence-electron chi connectivity index (χ3n) is 3.09. The first-order chi connectivity index (χ1) is 10.2. The molecule has 1 heterocycles. The topological polar surface area (TPSA) is 70.7 Å². The summed E-state index contributed by atoms with van der Waals surface area (Å²) >= 11 is 0. The van der Waals surface area contributed by atoms with E-state index < -0.39 is 0 Å². The SMILES string of the molecule is C=CC(=O)Nc1ccc(NC(=O)CN2CCOCC2)cc1. The van der Waals surface area contributed by atoms with Crippen molar-refractivity contribution >= 4 is 23.2 Å². The third-order valence-corrected chi connectivity index (χ3v) is 3.09. The van der Waals surface area contributed by atoms with Gasteiger partial charge in [-0.1, -0.05) is 6.58 Å². The molecule has 0 radical (unpaired) electrons. The van der Waals surface area contributed by atoms with Gasteiger partial charge in [0.2, 0.25) is 11.8 Å². The van der Waals surface area contributed by atoms with Gasteiger partial charge in [0, 0.05) is 24.5 Å². The number of ether oxygens (including phenoxy) is 1. The van der Waals surface area contributed by atoms with Gasteiger partial charge in [-0.25, -0.2) is 0 Å². The fourth-order valence-corrected chi connectivity index (χ4v) is 1.99. The second-order valence-electron chi connectivity index (χ2n) is 4.71. The molecule has 112 valence electrons. The maximum atomic E-state index is 11.9. The van der Waals surface area contributed by atoms with Gasteiger partial charge in [0.25, 0.3) is 0 Å². The number of nitrogens with zero attached hydrogens (tertiary/aromatic N) is 1. The minimum atomic E-state index is -0.265. The van der Waals surface area contributed by atoms with Crippen molar-refractivity contribution in [2.24, 2.45) is 0 Å². The van der Waals surface area contributed by atoms with E-state index in [1.807, 2.05) is 0 Å². The van der Waals surface area contributed by atoms with Crippen LogP contribution in [0, 0.1) is 0 Å². The minimum Gasteiger partial charge on any atom is -0.379 e. The van der Waals surface area contributed by atoms with Crippen molar-refractivity contribution in [2.45, 2.75) is 0 Å². The molecule has 6 heteroatoms. The van der Waals surface area contributed by atoms with E-state index in [1.54, 1.807) is 24.3 Å². The van der Waals surface area contributed by atoms with Crippen LogP contribution in [0.4, 0.5) is 11.4 Å². The van der Waals surface area contributed by atoms with Crippen molar-refractivity contribution in [2.75, 3.05) is 43.5 Å². The van der Waals surface area contributed by atoms with Crippen molar-refractivity contribution in [3.05, 3.63) is 36.9 Å². The van der Waals surface area contributed by atoms with Gasteiger partial charge >= 0.3 is 0 Å². The van der Waals surface area contributed by atoms with Crippen molar-refractivity contribution in [1.82, 2.24) is 4.90 Å². The molecule has 0 aliphatic carbocycles. The molecule has 1 aliphatic rings. The van der Waals surface area contributed by atoms with Gasteiger partial charge in [0.05, 0.1) is 19.8 Å². The second kappa shape index (κ2) is 7.56. The number of hydrogen-bond donors (Lipinski definition) is 2. The van der Waals surface area contributed by atoms with Gasteiger partial charge < -0.3 is 15.4 Å². The van der Waals surface area contributed by atoms with Crippen LogP contribution in [0.5, 0.6) is 0 Å². The first-order valence-corrected chi connectivity index (χ1v) is 6.81. The summed E-state index contributed by atoms with van der Waals surface area (Å²) in [5, 5.41) is 5.48. The summed E-state index contributed by atoms with van der Waals surface area (Å²) < 4.78 is 5.24. The Morgan fingerprint density at radius 1 is 1.14 bits per heavy atom. The molecular formula is C15H19N3O3. The summed E-state index contributed by atoms with van der Waals surface area (Å²) in [5.41, 5.74) is 1.36. The van der Waals surface area contributed by atoms with Crippen molar-refractivity contribution in [3.8, 4) is 0 Å².